The van der Waals surface area contributed by atoms with Gasteiger partial charge in [0.1, 0.15) is 0 Å². The van der Waals surface area contributed by atoms with Gasteiger partial charge in [-0.2, -0.15) is 0 Å². The number of rotatable bonds is 0. The van der Waals surface area contributed by atoms with Gasteiger partial charge < -0.3 is 10.0 Å². The zero-order valence-electron chi connectivity index (χ0n) is 9.93. The van der Waals surface area contributed by atoms with Crippen LogP contribution in [0.3, 0.4) is 0 Å². The molecule has 1 aliphatic carbocycles. The number of likely N-dealkylation sites (tertiary alicyclic amines) is 1. The summed E-state index contributed by atoms with van der Waals surface area (Å²) < 4.78 is 0. The Labute approximate surface area is 104 Å². The molecule has 0 bridgehead atoms. The molecule has 3 rings (SSSR count). The van der Waals surface area contributed by atoms with E-state index in [1.807, 2.05) is 0 Å². The first-order valence-electron chi connectivity index (χ1n) is 6.08. The van der Waals surface area contributed by atoms with E-state index in [4.69, 9.17) is 5.11 Å². The fourth-order valence-electron chi connectivity index (χ4n) is 3.05. The van der Waals surface area contributed by atoms with Crippen molar-refractivity contribution in [2.45, 2.75) is 19.3 Å². The number of ketones is 1. The van der Waals surface area contributed by atoms with Crippen LogP contribution in [0, 0.1) is 5.41 Å². The van der Waals surface area contributed by atoms with Gasteiger partial charge in [-0.15, -0.1) is 0 Å². The van der Waals surface area contributed by atoms with Crippen molar-refractivity contribution < 1.29 is 14.7 Å². The van der Waals surface area contributed by atoms with Crippen molar-refractivity contribution in [2.24, 2.45) is 5.41 Å². The van der Waals surface area contributed by atoms with Gasteiger partial charge in [-0.1, -0.05) is 0 Å². The van der Waals surface area contributed by atoms with Crippen LogP contribution >= 0.6 is 0 Å². The number of Topliss-reactive ketones (excluding diaryl/α,β-unsaturated/α-hetero) is 1. The predicted octanol–water partition coefficient (Wildman–Crippen LogP) is 1.58. The van der Waals surface area contributed by atoms with Crippen LogP contribution in [0.15, 0.2) is 18.5 Å². The molecule has 1 N–H and O–H groups in total. The summed E-state index contributed by atoms with van der Waals surface area (Å²) in [4.78, 5) is 28.8. The van der Waals surface area contributed by atoms with E-state index in [0.717, 1.165) is 11.1 Å². The fraction of sp³-hybridized carbons (Fsp3) is 0.462. The number of nitrogens with zero attached hydrogens (tertiary/aromatic N) is 2. The quantitative estimate of drug-likeness (QED) is 0.754. The third-order valence-corrected chi connectivity index (χ3v) is 4.15. The number of carboxylic acid groups (broad SMARTS) is 1. The van der Waals surface area contributed by atoms with Gasteiger partial charge in [0, 0.05) is 36.5 Å². The average molecular weight is 246 g/mol. The Balaban J connectivity index is 1.84. The SMILES string of the molecule is O=C(O)N1CCC2(CC1)Cc1cnccc1C2=O. The Morgan fingerprint density at radius 3 is 2.72 bits per heavy atom. The maximum atomic E-state index is 12.5. The first kappa shape index (κ1) is 11.2. The molecular weight excluding hydrogens is 232 g/mol. The summed E-state index contributed by atoms with van der Waals surface area (Å²) in [6, 6.07) is 1.77. The van der Waals surface area contributed by atoms with Gasteiger partial charge in [0.25, 0.3) is 0 Å². The van der Waals surface area contributed by atoms with E-state index < -0.39 is 6.09 Å². The van der Waals surface area contributed by atoms with E-state index in [2.05, 4.69) is 4.98 Å². The van der Waals surface area contributed by atoms with E-state index in [9.17, 15) is 9.59 Å². The van der Waals surface area contributed by atoms with Crippen LogP contribution in [0.25, 0.3) is 0 Å². The molecule has 18 heavy (non-hydrogen) atoms. The van der Waals surface area contributed by atoms with Crippen molar-refractivity contribution in [3.05, 3.63) is 29.6 Å². The van der Waals surface area contributed by atoms with Crippen LogP contribution in [-0.2, 0) is 6.42 Å². The Bertz CT molecular complexity index is 519. The topological polar surface area (TPSA) is 70.5 Å². The zero-order valence-corrected chi connectivity index (χ0v) is 9.93. The second kappa shape index (κ2) is 3.80. The number of pyridine rings is 1. The average Bonchev–Trinajstić information content (AvgIpc) is 2.64. The molecule has 2 heterocycles. The van der Waals surface area contributed by atoms with Crippen LogP contribution in [0.1, 0.15) is 28.8 Å². The molecule has 1 aromatic rings. The Morgan fingerprint density at radius 2 is 2.11 bits per heavy atom. The maximum absolute atomic E-state index is 12.5. The number of carbonyl (C=O) groups excluding carboxylic acids is 1. The number of piperidine rings is 1. The molecular formula is C13H14N2O3. The highest BCUT2D eigenvalue weighted by molar-refractivity contribution is 6.04. The summed E-state index contributed by atoms with van der Waals surface area (Å²) >= 11 is 0. The summed E-state index contributed by atoms with van der Waals surface area (Å²) in [5.41, 5.74) is 1.40. The molecule has 1 fully saturated rings. The number of fused-ring (bicyclic) bond motifs is 1. The van der Waals surface area contributed by atoms with E-state index in [-0.39, 0.29) is 11.2 Å². The maximum Gasteiger partial charge on any atom is 0.407 e. The van der Waals surface area contributed by atoms with E-state index in [1.54, 1.807) is 18.5 Å². The first-order chi connectivity index (χ1) is 8.62. The molecule has 1 saturated heterocycles. The van der Waals surface area contributed by atoms with Crippen LogP contribution in [0.4, 0.5) is 4.79 Å². The van der Waals surface area contributed by atoms with E-state index in [0.29, 0.717) is 32.4 Å². The van der Waals surface area contributed by atoms with Crippen molar-refractivity contribution in [2.75, 3.05) is 13.1 Å². The van der Waals surface area contributed by atoms with Gasteiger partial charge in [0.2, 0.25) is 0 Å². The van der Waals surface area contributed by atoms with Gasteiger partial charge in [-0.25, -0.2) is 4.79 Å². The second-order valence-corrected chi connectivity index (χ2v) is 5.09. The Kier molecular flexibility index (Phi) is 2.36. The number of hydrogen-bond acceptors (Lipinski definition) is 3. The van der Waals surface area contributed by atoms with E-state index in [1.165, 1.54) is 4.90 Å². The molecule has 0 unspecified atom stereocenters. The summed E-state index contributed by atoms with van der Waals surface area (Å²) in [6.45, 7) is 0.894. The van der Waals surface area contributed by atoms with Crippen LogP contribution in [0.5, 0.6) is 0 Å². The van der Waals surface area contributed by atoms with Crippen molar-refractivity contribution in [3.63, 3.8) is 0 Å². The standard InChI is InChI=1S/C13H14N2O3/c16-11-10-1-4-14-8-9(10)7-13(11)2-5-15(6-3-13)12(17)18/h1,4,8H,2-3,5-7H2,(H,17,18). The molecule has 1 aliphatic heterocycles. The summed E-state index contributed by atoms with van der Waals surface area (Å²) in [7, 11) is 0. The molecule has 0 atom stereocenters. The molecule has 0 saturated carbocycles. The minimum Gasteiger partial charge on any atom is -0.465 e. The van der Waals surface area contributed by atoms with Gasteiger partial charge >= 0.3 is 6.09 Å². The third-order valence-electron chi connectivity index (χ3n) is 4.15. The molecule has 1 aromatic heterocycles. The minimum atomic E-state index is -0.894. The third kappa shape index (κ3) is 1.50. The lowest BCUT2D eigenvalue weighted by Crippen LogP contribution is -2.45. The van der Waals surface area contributed by atoms with Gasteiger partial charge in [-0.3, -0.25) is 9.78 Å². The predicted molar refractivity (Wildman–Crippen MR) is 63.5 cm³/mol. The van der Waals surface area contributed by atoms with Gasteiger partial charge in [0.15, 0.2) is 5.78 Å². The Morgan fingerprint density at radius 1 is 1.39 bits per heavy atom. The highest BCUT2D eigenvalue weighted by atomic mass is 16.4. The van der Waals surface area contributed by atoms with Crippen molar-refractivity contribution in [1.82, 2.24) is 9.88 Å². The largest absolute Gasteiger partial charge is 0.465 e. The number of carbonyl (C=O) groups is 2. The summed E-state index contributed by atoms with van der Waals surface area (Å²) in [5.74, 6) is 0.171. The van der Waals surface area contributed by atoms with Gasteiger partial charge in [0.05, 0.1) is 0 Å². The monoisotopic (exact) mass is 246 g/mol. The zero-order chi connectivity index (χ0) is 12.8. The van der Waals surface area contributed by atoms with Crippen molar-refractivity contribution >= 4 is 11.9 Å². The van der Waals surface area contributed by atoms with Gasteiger partial charge in [-0.05, 0) is 30.9 Å². The summed E-state index contributed by atoms with van der Waals surface area (Å²) in [6.07, 6.45) is 4.45. The van der Waals surface area contributed by atoms with Crippen LogP contribution in [-0.4, -0.2) is 40.0 Å². The normalized spacial score (nSPS) is 21.1. The molecule has 0 aromatic carbocycles. The number of hydrogen-bond donors (Lipinski definition) is 1. The molecule has 2 aliphatic rings. The Hall–Kier alpha value is -1.91. The lowest BCUT2D eigenvalue weighted by molar-refractivity contribution is 0.0621. The summed E-state index contributed by atoms with van der Waals surface area (Å²) in [5, 5.41) is 8.94. The number of aromatic nitrogens is 1. The van der Waals surface area contributed by atoms with E-state index >= 15 is 0 Å². The highest BCUT2D eigenvalue weighted by Crippen LogP contribution is 2.44. The molecule has 1 spiro atoms. The molecule has 1 amide bonds. The molecule has 5 heteroatoms. The highest BCUT2D eigenvalue weighted by Gasteiger charge is 2.47. The van der Waals surface area contributed by atoms with Crippen molar-refractivity contribution in [1.29, 1.82) is 0 Å². The lowest BCUT2D eigenvalue weighted by atomic mass is 9.75. The molecule has 0 radical (unpaired) electrons. The second-order valence-electron chi connectivity index (χ2n) is 5.09. The fourth-order valence-corrected chi connectivity index (χ4v) is 3.05. The van der Waals surface area contributed by atoms with Crippen molar-refractivity contribution in [3.8, 4) is 0 Å². The van der Waals surface area contributed by atoms with Crippen LogP contribution in [0.2, 0.25) is 0 Å². The lowest BCUT2D eigenvalue weighted by Gasteiger charge is -2.36. The molecule has 94 valence electrons. The smallest absolute Gasteiger partial charge is 0.407 e. The number of amides is 1. The van der Waals surface area contributed by atoms with Crippen LogP contribution < -0.4 is 0 Å². The minimum absolute atomic E-state index is 0.171. The first-order valence-corrected chi connectivity index (χ1v) is 6.08. The molecule has 5 nitrogen and oxygen atoms in total.